The van der Waals surface area contributed by atoms with Crippen molar-refractivity contribution in [1.29, 1.82) is 0 Å². The van der Waals surface area contributed by atoms with Gasteiger partial charge in [0.2, 0.25) is 0 Å². The number of carbonyl (C=O) groups is 1. The minimum absolute atomic E-state index is 0.287. The van der Waals surface area contributed by atoms with E-state index >= 15 is 0 Å². The first kappa shape index (κ1) is 8.31. The number of benzene rings is 1. The highest BCUT2D eigenvalue weighted by molar-refractivity contribution is 8.15. The standard InChI is InChI=1S/C9H7NO2S/c11-8-6-13-9(10-12-8)7-4-2-1-3-5-7/h1-5H,6H2. The molecule has 0 N–H and O–H groups in total. The van der Waals surface area contributed by atoms with Crippen molar-refractivity contribution in [3.63, 3.8) is 0 Å². The van der Waals surface area contributed by atoms with Gasteiger partial charge in [0.25, 0.3) is 0 Å². The van der Waals surface area contributed by atoms with Gasteiger partial charge in [-0.2, -0.15) is 0 Å². The van der Waals surface area contributed by atoms with Crippen molar-refractivity contribution in [3.05, 3.63) is 35.9 Å². The zero-order chi connectivity index (χ0) is 9.10. The molecule has 1 aliphatic rings. The largest absolute Gasteiger partial charge is 0.345 e. The fourth-order valence-electron chi connectivity index (χ4n) is 0.989. The van der Waals surface area contributed by atoms with Crippen LogP contribution >= 0.6 is 11.8 Å². The van der Waals surface area contributed by atoms with Crippen molar-refractivity contribution in [1.82, 2.24) is 0 Å². The molecule has 0 fully saturated rings. The summed E-state index contributed by atoms with van der Waals surface area (Å²) in [5.41, 5.74) is 0.986. The number of rotatable bonds is 1. The Labute approximate surface area is 79.8 Å². The van der Waals surface area contributed by atoms with Gasteiger partial charge >= 0.3 is 5.97 Å². The third kappa shape index (κ3) is 1.89. The molecular weight excluding hydrogens is 186 g/mol. The second kappa shape index (κ2) is 3.62. The molecule has 13 heavy (non-hydrogen) atoms. The van der Waals surface area contributed by atoms with Crippen molar-refractivity contribution in [2.45, 2.75) is 0 Å². The van der Waals surface area contributed by atoms with Gasteiger partial charge in [0, 0.05) is 5.56 Å². The molecule has 0 spiro atoms. The smallest absolute Gasteiger partial charge is 0.316 e. The minimum atomic E-state index is -0.287. The van der Waals surface area contributed by atoms with E-state index in [2.05, 4.69) is 9.99 Å². The molecular formula is C9H7NO2S. The lowest BCUT2D eigenvalue weighted by Crippen LogP contribution is -2.13. The van der Waals surface area contributed by atoms with Crippen LogP contribution in [0.25, 0.3) is 0 Å². The Morgan fingerprint density at radius 1 is 1.31 bits per heavy atom. The van der Waals surface area contributed by atoms with Crippen molar-refractivity contribution in [2.75, 3.05) is 5.75 Å². The molecule has 3 nitrogen and oxygen atoms in total. The van der Waals surface area contributed by atoms with Gasteiger partial charge in [0.1, 0.15) is 10.8 Å². The lowest BCUT2D eigenvalue weighted by molar-refractivity contribution is -0.140. The molecule has 0 atom stereocenters. The van der Waals surface area contributed by atoms with Crippen LogP contribution in [0, 0.1) is 0 Å². The Hall–Kier alpha value is -1.29. The van der Waals surface area contributed by atoms with E-state index in [1.54, 1.807) is 0 Å². The zero-order valence-electron chi connectivity index (χ0n) is 6.77. The highest BCUT2D eigenvalue weighted by atomic mass is 32.2. The number of hydrogen-bond donors (Lipinski definition) is 0. The normalized spacial score (nSPS) is 16.3. The van der Waals surface area contributed by atoms with Crippen molar-refractivity contribution in [2.24, 2.45) is 5.16 Å². The lowest BCUT2D eigenvalue weighted by atomic mass is 10.2. The second-order valence-electron chi connectivity index (χ2n) is 2.51. The van der Waals surface area contributed by atoms with Crippen molar-refractivity contribution < 1.29 is 9.63 Å². The summed E-state index contributed by atoms with van der Waals surface area (Å²) in [6, 6.07) is 9.66. The summed E-state index contributed by atoms with van der Waals surface area (Å²) >= 11 is 1.40. The van der Waals surface area contributed by atoms with Crippen molar-refractivity contribution >= 4 is 22.8 Å². The third-order valence-corrected chi connectivity index (χ3v) is 2.54. The van der Waals surface area contributed by atoms with E-state index in [-0.39, 0.29) is 5.97 Å². The van der Waals surface area contributed by atoms with Crippen molar-refractivity contribution in [3.8, 4) is 0 Å². The third-order valence-electron chi connectivity index (χ3n) is 1.58. The van der Waals surface area contributed by atoms with E-state index in [0.29, 0.717) is 5.75 Å². The van der Waals surface area contributed by atoms with E-state index < -0.39 is 0 Å². The summed E-state index contributed by atoms with van der Waals surface area (Å²) in [6.07, 6.45) is 0. The molecule has 0 bridgehead atoms. The van der Waals surface area contributed by atoms with E-state index in [1.807, 2.05) is 30.3 Å². The monoisotopic (exact) mass is 193 g/mol. The van der Waals surface area contributed by atoms with Crippen LogP contribution in [-0.4, -0.2) is 16.8 Å². The summed E-state index contributed by atoms with van der Waals surface area (Å²) in [6.45, 7) is 0. The van der Waals surface area contributed by atoms with Crippen LogP contribution in [0.4, 0.5) is 0 Å². The molecule has 0 unspecified atom stereocenters. The van der Waals surface area contributed by atoms with Crippen LogP contribution in [0.1, 0.15) is 5.56 Å². The highest BCUT2D eigenvalue weighted by Gasteiger charge is 2.15. The summed E-state index contributed by atoms with van der Waals surface area (Å²) < 4.78 is 0. The Morgan fingerprint density at radius 2 is 2.08 bits per heavy atom. The van der Waals surface area contributed by atoms with Gasteiger partial charge in [-0.05, 0) is 0 Å². The highest BCUT2D eigenvalue weighted by Crippen LogP contribution is 2.17. The molecule has 0 saturated carbocycles. The van der Waals surface area contributed by atoms with Crippen LogP contribution < -0.4 is 0 Å². The number of thioether (sulfide) groups is 1. The molecule has 0 aromatic heterocycles. The van der Waals surface area contributed by atoms with Gasteiger partial charge in [-0.1, -0.05) is 47.2 Å². The summed E-state index contributed by atoms with van der Waals surface area (Å²) in [4.78, 5) is 15.3. The fraction of sp³-hybridized carbons (Fsp3) is 0.111. The van der Waals surface area contributed by atoms with Crippen LogP contribution in [0.5, 0.6) is 0 Å². The number of carbonyl (C=O) groups excluding carboxylic acids is 1. The second-order valence-corrected chi connectivity index (χ2v) is 3.48. The van der Waals surface area contributed by atoms with Gasteiger partial charge < -0.3 is 4.84 Å². The average molecular weight is 193 g/mol. The van der Waals surface area contributed by atoms with E-state index in [0.717, 1.165) is 10.6 Å². The van der Waals surface area contributed by atoms with Crippen LogP contribution in [0.15, 0.2) is 35.5 Å². The fourth-order valence-corrected chi connectivity index (χ4v) is 1.69. The molecule has 1 aliphatic heterocycles. The lowest BCUT2D eigenvalue weighted by Gasteiger charge is -2.08. The quantitative estimate of drug-likeness (QED) is 0.636. The Balaban J connectivity index is 2.23. The van der Waals surface area contributed by atoms with E-state index in [4.69, 9.17) is 0 Å². The minimum Gasteiger partial charge on any atom is -0.316 e. The molecule has 0 amide bonds. The molecule has 0 radical (unpaired) electrons. The zero-order valence-corrected chi connectivity index (χ0v) is 7.58. The molecule has 0 aliphatic carbocycles. The van der Waals surface area contributed by atoms with Crippen LogP contribution in [-0.2, 0) is 9.63 Å². The first-order valence-corrected chi connectivity index (χ1v) is 4.81. The topological polar surface area (TPSA) is 38.7 Å². The summed E-state index contributed by atoms with van der Waals surface area (Å²) in [5, 5.41) is 4.47. The first-order valence-electron chi connectivity index (χ1n) is 3.82. The van der Waals surface area contributed by atoms with Crippen LogP contribution in [0.2, 0.25) is 0 Å². The van der Waals surface area contributed by atoms with E-state index in [9.17, 15) is 4.79 Å². The number of oxime groups is 1. The molecule has 2 rings (SSSR count). The first-order chi connectivity index (χ1) is 6.36. The molecule has 0 saturated heterocycles. The molecule has 4 heteroatoms. The summed E-state index contributed by atoms with van der Waals surface area (Å²) in [5.74, 6) is 0.0537. The van der Waals surface area contributed by atoms with Gasteiger partial charge in [0.15, 0.2) is 0 Å². The van der Waals surface area contributed by atoms with Crippen LogP contribution in [0.3, 0.4) is 0 Å². The Morgan fingerprint density at radius 3 is 2.69 bits per heavy atom. The van der Waals surface area contributed by atoms with Gasteiger partial charge in [0.05, 0.1) is 0 Å². The van der Waals surface area contributed by atoms with E-state index in [1.165, 1.54) is 11.8 Å². The molecule has 1 aromatic carbocycles. The molecule has 66 valence electrons. The SMILES string of the molecule is O=C1CSC(c2ccccc2)=NO1. The number of nitrogens with zero attached hydrogens (tertiary/aromatic N) is 1. The maximum atomic E-state index is 10.7. The Kier molecular flexibility index (Phi) is 2.31. The predicted octanol–water partition coefficient (Wildman–Crippen LogP) is 1.64. The molecule has 1 heterocycles. The number of hydrogen-bond acceptors (Lipinski definition) is 4. The average Bonchev–Trinajstić information content (AvgIpc) is 2.20. The summed E-state index contributed by atoms with van der Waals surface area (Å²) in [7, 11) is 0. The maximum absolute atomic E-state index is 10.7. The Bertz CT molecular complexity index is 348. The molecule has 1 aromatic rings. The maximum Gasteiger partial charge on any atom is 0.345 e. The van der Waals surface area contributed by atoms with Gasteiger partial charge in [-0.15, -0.1) is 0 Å². The van der Waals surface area contributed by atoms with Gasteiger partial charge in [-0.3, -0.25) is 0 Å². The van der Waals surface area contributed by atoms with Gasteiger partial charge in [-0.25, -0.2) is 4.79 Å². The predicted molar refractivity (Wildman–Crippen MR) is 51.5 cm³/mol.